The minimum absolute atomic E-state index is 0.0994. The normalized spacial score (nSPS) is 9.94. The van der Waals surface area contributed by atoms with E-state index in [1.54, 1.807) is 7.11 Å². The molecule has 0 aromatic carbocycles. The van der Waals surface area contributed by atoms with Gasteiger partial charge >= 0.3 is 5.97 Å². The molecule has 0 radical (unpaired) electrons. The van der Waals surface area contributed by atoms with Gasteiger partial charge in [0.25, 0.3) is 5.91 Å². The number of rotatable bonds is 6. The molecule has 0 saturated carbocycles. The number of hydrogen-bond donors (Lipinski definition) is 2. The molecule has 1 aromatic heterocycles. The molecule has 0 saturated heterocycles. The molecule has 0 fully saturated rings. The zero-order chi connectivity index (χ0) is 12.7. The highest BCUT2D eigenvalue weighted by molar-refractivity contribution is 5.94. The average molecular weight is 238 g/mol. The van der Waals surface area contributed by atoms with E-state index in [1.165, 1.54) is 18.2 Å². The Morgan fingerprint density at radius 3 is 2.76 bits per heavy atom. The summed E-state index contributed by atoms with van der Waals surface area (Å²) < 4.78 is 4.84. The molecular formula is C11H14N2O4. The second kappa shape index (κ2) is 6.59. The van der Waals surface area contributed by atoms with Crippen molar-refractivity contribution in [3.8, 4) is 0 Å². The number of nitrogens with one attached hydrogen (secondary N) is 1. The number of methoxy groups -OCH3 is 1. The SMILES string of the molecule is COCCCNC(=O)c1cccc(C(=O)O)n1. The third-order valence-corrected chi connectivity index (χ3v) is 2.01. The summed E-state index contributed by atoms with van der Waals surface area (Å²) in [4.78, 5) is 26.0. The Bertz CT molecular complexity index is 406. The standard InChI is InChI=1S/C11H14N2O4/c1-17-7-3-6-12-10(14)8-4-2-5-9(13-8)11(15)16/h2,4-5H,3,6-7H2,1H3,(H,12,14)(H,15,16). The molecule has 1 heterocycles. The molecule has 6 nitrogen and oxygen atoms in total. The van der Waals surface area contributed by atoms with Gasteiger partial charge in [-0.3, -0.25) is 4.79 Å². The highest BCUT2D eigenvalue weighted by Crippen LogP contribution is 1.99. The lowest BCUT2D eigenvalue weighted by Crippen LogP contribution is -2.26. The molecule has 92 valence electrons. The van der Waals surface area contributed by atoms with Crippen LogP contribution in [-0.4, -0.2) is 42.2 Å². The van der Waals surface area contributed by atoms with Crippen molar-refractivity contribution in [1.29, 1.82) is 0 Å². The van der Waals surface area contributed by atoms with Gasteiger partial charge < -0.3 is 15.2 Å². The van der Waals surface area contributed by atoms with Crippen LogP contribution >= 0.6 is 0 Å². The van der Waals surface area contributed by atoms with Crippen molar-refractivity contribution in [1.82, 2.24) is 10.3 Å². The molecule has 1 aromatic rings. The smallest absolute Gasteiger partial charge is 0.354 e. The molecule has 6 heteroatoms. The summed E-state index contributed by atoms with van der Waals surface area (Å²) in [6.07, 6.45) is 0.695. The molecule has 2 N–H and O–H groups in total. The van der Waals surface area contributed by atoms with Crippen LogP contribution in [-0.2, 0) is 4.74 Å². The largest absolute Gasteiger partial charge is 0.477 e. The molecule has 0 bridgehead atoms. The molecule has 0 aliphatic heterocycles. The third kappa shape index (κ3) is 4.20. The number of amides is 1. The molecule has 0 aliphatic rings. The Hall–Kier alpha value is -1.95. The number of carboxylic acid groups (broad SMARTS) is 1. The molecule has 1 amide bonds. The Morgan fingerprint density at radius 1 is 1.41 bits per heavy atom. The van der Waals surface area contributed by atoms with E-state index < -0.39 is 5.97 Å². The van der Waals surface area contributed by atoms with E-state index in [1.807, 2.05) is 0 Å². The van der Waals surface area contributed by atoms with Gasteiger partial charge in [0.05, 0.1) is 0 Å². The van der Waals surface area contributed by atoms with Crippen LogP contribution in [0.1, 0.15) is 27.4 Å². The Labute approximate surface area is 98.6 Å². The highest BCUT2D eigenvalue weighted by atomic mass is 16.5. The molecule has 0 spiro atoms. The van der Waals surface area contributed by atoms with Crippen LogP contribution in [0.2, 0.25) is 0 Å². The zero-order valence-corrected chi connectivity index (χ0v) is 9.47. The van der Waals surface area contributed by atoms with Crippen LogP contribution in [0.25, 0.3) is 0 Å². The first-order chi connectivity index (χ1) is 8.15. The number of aromatic carboxylic acids is 1. The predicted octanol–water partition coefficient (Wildman–Crippen LogP) is 0.546. The summed E-state index contributed by atoms with van der Waals surface area (Å²) in [7, 11) is 1.58. The fourth-order valence-electron chi connectivity index (χ4n) is 1.19. The lowest BCUT2D eigenvalue weighted by atomic mass is 10.3. The van der Waals surface area contributed by atoms with Crippen molar-refractivity contribution in [3.63, 3.8) is 0 Å². The number of carbonyl (C=O) groups excluding carboxylic acids is 1. The number of carboxylic acids is 1. The van der Waals surface area contributed by atoms with Gasteiger partial charge in [0.2, 0.25) is 0 Å². The first-order valence-corrected chi connectivity index (χ1v) is 5.12. The number of hydrogen-bond acceptors (Lipinski definition) is 4. The van der Waals surface area contributed by atoms with Gasteiger partial charge in [-0.2, -0.15) is 0 Å². The molecule has 0 unspecified atom stereocenters. The van der Waals surface area contributed by atoms with Crippen LogP contribution in [0, 0.1) is 0 Å². The third-order valence-electron chi connectivity index (χ3n) is 2.01. The maximum Gasteiger partial charge on any atom is 0.354 e. The monoisotopic (exact) mass is 238 g/mol. The van der Waals surface area contributed by atoms with Gasteiger partial charge in [-0.25, -0.2) is 9.78 Å². The molecule has 0 aliphatic carbocycles. The zero-order valence-electron chi connectivity index (χ0n) is 9.47. The Morgan fingerprint density at radius 2 is 2.12 bits per heavy atom. The topological polar surface area (TPSA) is 88.5 Å². The van der Waals surface area contributed by atoms with Gasteiger partial charge in [-0.15, -0.1) is 0 Å². The van der Waals surface area contributed by atoms with Gasteiger partial charge in [-0.05, 0) is 18.6 Å². The van der Waals surface area contributed by atoms with Gasteiger partial charge in [0, 0.05) is 20.3 Å². The van der Waals surface area contributed by atoms with E-state index in [2.05, 4.69) is 10.3 Å². The number of ether oxygens (including phenoxy) is 1. The number of carbonyl (C=O) groups is 2. The van der Waals surface area contributed by atoms with Gasteiger partial charge in [-0.1, -0.05) is 6.07 Å². The summed E-state index contributed by atoms with van der Waals surface area (Å²) in [5.41, 5.74) is -0.0446. The fourth-order valence-corrected chi connectivity index (χ4v) is 1.19. The van der Waals surface area contributed by atoms with E-state index in [0.29, 0.717) is 19.6 Å². The summed E-state index contributed by atoms with van der Waals surface area (Å²) in [5, 5.41) is 11.4. The summed E-state index contributed by atoms with van der Waals surface area (Å²) in [5.74, 6) is -1.54. The van der Waals surface area contributed by atoms with Crippen molar-refractivity contribution >= 4 is 11.9 Å². The highest BCUT2D eigenvalue weighted by Gasteiger charge is 2.10. The van der Waals surface area contributed by atoms with Crippen LogP contribution in [0.3, 0.4) is 0 Å². The fraction of sp³-hybridized carbons (Fsp3) is 0.364. The second-order valence-corrected chi connectivity index (χ2v) is 3.32. The maximum absolute atomic E-state index is 11.6. The predicted molar refractivity (Wildman–Crippen MR) is 60.0 cm³/mol. The quantitative estimate of drug-likeness (QED) is 0.706. The Kier molecular flexibility index (Phi) is 5.09. The first-order valence-electron chi connectivity index (χ1n) is 5.12. The van der Waals surface area contributed by atoms with Crippen LogP contribution in [0.4, 0.5) is 0 Å². The van der Waals surface area contributed by atoms with Crippen molar-refractivity contribution in [2.24, 2.45) is 0 Å². The molecule has 0 atom stereocenters. The minimum Gasteiger partial charge on any atom is -0.477 e. The van der Waals surface area contributed by atoms with Crippen molar-refractivity contribution < 1.29 is 19.4 Å². The summed E-state index contributed by atoms with van der Waals surface area (Å²) in [6.45, 7) is 1.02. The van der Waals surface area contributed by atoms with E-state index in [-0.39, 0.29) is 17.3 Å². The van der Waals surface area contributed by atoms with Gasteiger partial charge in [0.1, 0.15) is 11.4 Å². The molecule has 1 rings (SSSR count). The minimum atomic E-state index is -1.15. The lowest BCUT2D eigenvalue weighted by Gasteiger charge is -2.04. The Balaban J connectivity index is 2.56. The van der Waals surface area contributed by atoms with Crippen LogP contribution in [0.5, 0.6) is 0 Å². The molecular weight excluding hydrogens is 224 g/mol. The summed E-state index contributed by atoms with van der Waals surface area (Å²) >= 11 is 0. The summed E-state index contributed by atoms with van der Waals surface area (Å²) in [6, 6.07) is 4.29. The molecule has 17 heavy (non-hydrogen) atoms. The van der Waals surface area contributed by atoms with Gasteiger partial charge in [0.15, 0.2) is 0 Å². The second-order valence-electron chi connectivity index (χ2n) is 3.32. The first kappa shape index (κ1) is 13.1. The van der Waals surface area contributed by atoms with Crippen molar-refractivity contribution in [2.75, 3.05) is 20.3 Å². The maximum atomic E-state index is 11.6. The number of aromatic nitrogens is 1. The average Bonchev–Trinajstić information content (AvgIpc) is 2.34. The van der Waals surface area contributed by atoms with E-state index in [4.69, 9.17) is 9.84 Å². The van der Waals surface area contributed by atoms with E-state index in [0.717, 1.165) is 0 Å². The van der Waals surface area contributed by atoms with Crippen LogP contribution < -0.4 is 5.32 Å². The van der Waals surface area contributed by atoms with E-state index in [9.17, 15) is 9.59 Å². The van der Waals surface area contributed by atoms with Crippen molar-refractivity contribution in [3.05, 3.63) is 29.6 Å². The lowest BCUT2D eigenvalue weighted by molar-refractivity contribution is 0.0690. The number of nitrogens with zero attached hydrogens (tertiary/aromatic N) is 1. The van der Waals surface area contributed by atoms with E-state index >= 15 is 0 Å². The van der Waals surface area contributed by atoms with Crippen molar-refractivity contribution in [2.45, 2.75) is 6.42 Å². The number of pyridine rings is 1. The van der Waals surface area contributed by atoms with Crippen LogP contribution in [0.15, 0.2) is 18.2 Å².